The van der Waals surface area contributed by atoms with Crippen LogP contribution in [0, 0.1) is 25.1 Å². The molecular formula is C21H25ClFN5O3S. The summed E-state index contributed by atoms with van der Waals surface area (Å²) in [5.74, 6) is -1.89. The van der Waals surface area contributed by atoms with E-state index < -0.39 is 29.8 Å². The van der Waals surface area contributed by atoms with Crippen LogP contribution < -0.4 is 10.5 Å². The molecule has 0 fully saturated rings. The van der Waals surface area contributed by atoms with Gasteiger partial charge in [0.05, 0.1) is 5.02 Å². The van der Waals surface area contributed by atoms with Crippen LogP contribution in [0.1, 0.15) is 40.0 Å². The first-order valence-corrected chi connectivity index (χ1v) is 10.7. The number of primary amides is 1. The van der Waals surface area contributed by atoms with Crippen molar-refractivity contribution in [3.05, 3.63) is 57.5 Å². The summed E-state index contributed by atoms with van der Waals surface area (Å²) in [6.45, 7) is 5.35. The van der Waals surface area contributed by atoms with Gasteiger partial charge in [0.1, 0.15) is 22.6 Å². The number of amides is 2. The summed E-state index contributed by atoms with van der Waals surface area (Å²) in [6, 6.07) is 5.21. The highest BCUT2D eigenvalue weighted by Gasteiger charge is 2.30. The van der Waals surface area contributed by atoms with E-state index in [2.05, 4.69) is 9.71 Å². The molecule has 1 heterocycles. The number of nitrogens with zero attached hydrogens (tertiary/aromatic N) is 2. The average molecular weight is 482 g/mol. The molecule has 2 amide bonds. The summed E-state index contributed by atoms with van der Waals surface area (Å²) in [6.07, 6.45) is -1.15. The van der Waals surface area contributed by atoms with Crippen LogP contribution in [-0.2, 0) is 4.74 Å². The van der Waals surface area contributed by atoms with Crippen LogP contribution in [0.15, 0.2) is 29.3 Å². The fourth-order valence-corrected chi connectivity index (χ4v) is 4.07. The Morgan fingerprint density at radius 3 is 2.53 bits per heavy atom. The zero-order valence-electron chi connectivity index (χ0n) is 18.3. The van der Waals surface area contributed by atoms with E-state index in [1.54, 1.807) is 40.1 Å². The quantitative estimate of drug-likeness (QED) is 0.312. The van der Waals surface area contributed by atoms with Crippen molar-refractivity contribution in [2.75, 3.05) is 14.1 Å². The van der Waals surface area contributed by atoms with Crippen LogP contribution in [0.5, 0.6) is 0 Å². The molecule has 0 aliphatic heterocycles. The Kier molecular flexibility index (Phi) is 8.59. The maximum Gasteiger partial charge on any atom is 0.411 e. The van der Waals surface area contributed by atoms with Gasteiger partial charge in [-0.15, -0.1) is 0 Å². The van der Waals surface area contributed by atoms with E-state index >= 15 is 0 Å². The number of benzene rings is 1. The largest absolute Gasteiger partial charge is 0.411 e. The van der Waals surface area contributed by atoms with Crippen LogP contribution in [0.4, 0.5) is 9.18 Å². The molecule has 4 N–H and O–H groups in total. The van der Waals surface area contributed by atoms with Gasteiger partial charge in [-0.05, 0) is 60.7 Å². The number of halogens is 2. The van der Waals surface area contributed by atoms with Gasteiger partial charge in [-0.1, -0.05) is 24.6 Å². The Labute approximate surface area is 195 Å². The number of hydrogen-bond acceptors (Lipinski definition) is 7. The van der Waals surface area contributed by atoms with Crippen molar-refractivity contribution in [1.29, 1.82) is 5.41 Å². The van der Waals surface area contributed by atoms with Gasteiger partial charge in [0.15, 0.2) is 0 Å². The van der Waals surface area contributed by atoms with Crippen molar-refractivity contribution >= 4 is 41.4 Å². The van der Waals surface area contributed by atoms with E-state index in [1.807, 2.05) is 6.92 Å². The van der Waals surface area contributed by atoms with Gasteiger partial charge in [0.2, 0.25) is 5.90 Å². The Balaban J connectivity index is 2.37. The molecule has 172 valence electrons. The lowest BCUT2D eigenvalue weighted by Crippen LogP contribution is -2.40. The first kappa shape index (κ1) is 25.6. The predicted octanol–water partition coefficient (Wildman–Crippen LogP) is 4.03. The number of pyridine rings is 1. The second-order valence-electron chi connectivity index (χ2n) is 7.35. The molecule has 0 radical (unpaired) electrons. The average Bonchev–Trinajstić information content (AvgIpc) is 2.71. The van der Waals surface area contributed by atoms with Crippen molar-refractivity contribution in [3.63, 3.8) is 0 Å². The lowest BCUT2D eigenvalue weighted by molar-refractivity contribution is 0.0821. The Morgan fingerprint density at radius 1 is 1.28 bits per heavy atom. The number of aryl methyl sites for hydroxylation is 1. The van der Waals surface area contributed by atoms with Gasteiger partial charge < -0.3 is 15.4 Å². The van der Waals surface area contributed by atoms with Crippen LogP contribution >= 0.6 is 23.5 Å². The van der Waals surface area contributed by atoms with Gasteiger partial charge in [-0.25, -0.2) is 18.9 Å². The van der Waals surface area contributed by atoms with E-state index in [0.29, 0.717) is 10.6 Å². The first-order chi connectivity index (χ1) is 14.9. The van der Waals surface area contributed by atoms with Crippen LogP contribution in [-0.4, -0.2) is 47.9 Å². The maximum atomic E-state index is 14.7. The van der Waals surface area contributed by atoms with Crippen LogP contribution in [0.25, 0.3) is 0 Å². The van der Waals surface area contributed by atoms with E-state index in [4.69, 9.17) is 27.5 Å². The third-order valence-electron chi connectivity index (χ3n) is 4.90. The van der Waals surface area contributed by atoms with Crippen molar-refractivity contribution in [1.82, 2.24) is 14.6 Å². The Hall–Kier alpha value is -2.69. The topological polar surface area (TPSA) is 121 Å². The Bertz CT molecular complexity index is 1050. The van der Waals surface area contributed by atoms with Crippen molar-refractivity contribution < 1.29 is 18.7 Å². The number of hydrogen-bond donors (Lipinski definition) is 3. The number of rotatable bonds is 7. The van der Waals surface area contributed by atoms with E-state index in [9.17, 15) is 14.0 Å². The SMILES string of the molecule is Cc1ccc(F)c(C(C)C(NSc2ccc(Cl)c(C(=O)N(C)C)n2)C(=N)OC(N)=O)c1C. The normalized spacial score (nSPS) is 12.7. The minimum atomic E-state index is -1.15. The monoisotopic (exact) mass is 481 g/mol. The molecule has 1 aromatic carbocycles. The number of ether oxygens (including phenoxy) is 1. The Morgan fingerprint density at radius 2 is 1.94 bits per heavy atom. The number of nitrogens with two attached hydrogens (primary N) is 1. The molecule has 2 atom stereocenters. The summed E-state index contributed by atoms with van der Waals surface area (Å²) in [4.78, 5) is 29.1. The summed E-state index contributed by atoms with van der Waals surface area (Å²) < 4.78 is 22.5. The molecule has 0 saturated heterocycles. The minimum absolute atomic E-state index is 0.0668. The fraction of sp³-hybridized carbons (Fsp3) is 0.333. The second-order valence-corrected chi connectivity index (χ2v) is 8.62. The zero-order valence-corrected chi connectivity index (χ0v) is 19.9. The minimum Gasteiger partial charge on any atom is -0.394 e. The highest BCUT2D eigenvalue weighted by Crippen LogP contribution is 2.30. The molecule has 0 aliphatic rings. The van der Waals surface area contributed by atoms with Gasteiger partial charge >= 0.3 is 6.09 Å². The molecule has 2 unspecified atom stereocenters. The zero-order chi connectivity index (χ0) is 24.2. The van der Waals surface area contributed by atoms with Crippen LogP contribution in [0.3, 0.4) is 0 Å². The lowest BCUT2D eigenvalue weighted by atomic mass is 9.88. The van der Waals surface area contributed by atoms with Crippen molar-refractivity contribution in [2.24, 2.45) is 5.73 Å². The van der Waals surface area contributed by atoms with E-state index in [0.717, 1.165) is 23.1 Å². The van der Waals surface area contributed by atoms with E-state index in [1.165, 1.54) is 17.0 Å². The molecule has 8 nitrogen and oxygen atoms in total. The molecular weight excluding hydrogens is 457 g/mol. The third kappa shape index (κ3) is 5.96. The van der Waals surface area contributed by atoms with Crippen LogP contribution in [0.2, 0.25) is 5.02 Å². The molecule has 0 saturated carbocycles. The van der Waals surface area contributed by atoms with Crippen molar-refractivity contribution in [3.8, 4) is 0 Å². The molecule has 11 heteroatoms. The van der Waals surface area contributed by atoms with Gasteiger partial charge in [-0.2, -0.15) is 0 Å². The fourth-order valence-electron chi connectivity index (χ4n) is 3.05. The molecule has 0 spiro atoms. The standard InChI is InChI=1S/C21H25ClFN5O3S/c1-10-6-8-14(23)16(11(10)2)12(3)17(19(24)31-21(25)30)27-32-15-9-7-13(22)18(26-15)20(29)28(4)5/h6-9,12,17,24,27H,1-5H3,(H2,25,30). The first-order valence-electron chi connectivity index (χ1n) is 9.55. The van der Waals surface area contributed by atoms with E-state index in [-0.39, 0.29) is 16.6 Å². The number of aromatic nitrogens is 1. The molecule has 2 aromatic rings. The van der Waals surface area contributed by atoms with Gasteiger partial charge in [0.25, 0.3) is 5.91 Å². The molecule has 0 aliphatic carbocycles. The molecule has 32 heavy (non-hydrogen) atoms. The predicted molar refractivity (Wildman–Crippen MR) is 123 cm³/mol. The molecule has 1 aromatic heterocycles. The third-order valence-corrected chi connectivity index (χ3v) is 6.01. The highest BCUT2D eigenvalue weighted by molar-refractivity contribution is 7.97. The molecule has 2 rings (SSSR count). The lowest BCUT2D eigenvalue weighted by Gasteiger charge is -2.26. The maximum absolute atomic E-state index is 14.7. The van der Waals surface area contributed by atoms with Gasteiger partial charge in [0, 0.05) is 20.0 Å². The summed E-state index contributed by atoms with van der Waals surface area (Å²) in [7, 11) is 3.16. The molecule has 0 bridgehead atoms. The smallest absolute Gasteiger partial charge is 0.394 e. The second kappa shape index (κ2) is 10.8. The van der Waals surface area contributed by atoms with Gasteiger partial charge in [-0.3, -0.25) is 10.2 Å². The highest BCUT2D eigenvalue weighted by atomic mass is 35.5. The van der Waals surface area contributed by atoms with Crippen molar-refractivity contribution in [2.45, 2.75) is 37.8 Å². The summed E-state index contributed by atoms with van der Waals surface area (Å²) >= 11 is 7.09. The summed E-state index contributed by atoms with van der Waals surface area (Å²) in [5, 5.41) is 8.77. The number of carbonyl (C=O) groups excluding carboxylic acids is 2. The summed E-state index contributed by atoms with van der Waals surface area (Å²) in [5.41, 5.74) is 7.14. The number of carbonyl (C=O) groups is 2. The number of nitrogens with one attached hydrogen (secondary N) is 2.